The van der Waals surface area contributed by atoms with Crippen molar-refractivity contribution in [2.45, 2.75) is 58.9 Å². The molecule has 0 aliphatic carbocycles. The Labute approximate surface area is 114 Å². The average Bonchev–Trinajstić information content (AvgIpc) is 2.33. The van der Waals surface area contributed by atoms with E-state index >= 15 is 0 Å². The summed E-state index contributed by atoms with van der Waals surface area (Å²) in [6, 6.07) is 0. The van der Waals surface area contributed by atoms with Crippen LogP contribution in [-0.4, -0.2) is 43.8 Å². The summed E-state index contributed by atoms with van der Waals surface area (Å²) in [5, 5.41) is 0. The Morgan fingerprint density at radius 2 is 1.72 bits per heavy atom. The van der Waals surface area contributed by atoms with Crippen LogP contribution < -0.4 is 5.73 Å². The van der Waals surface area contributed by atoms with Crippen LogP contribution in [-0.2, 0) is 4.74 Å². The highest BCUT2D eigenvalue weighted by atomic mass is 16.5. The number of hydrogen-bond acceptors (Lipinski definition) is 3. The van der Waals surface area contributed by atoms with Gasteiger partial charge in [-0.15, -0.1) is 0 Å². The van der Waals surface area contributed by atoms with E-state index < -0.39 is 0 Å². The molecule has 0 bridgehead atoms. The largest absolute Gasteiger partial charge is 0.383 e. The third kappa shape index (κ3) is 5.68. The number of nitrogens with two attached hydrogens (primary N) is 1. The normalized spacial score (nSPS) is 12.7. The smallest absolute Gasteiger partial charge is 0.0589 e. The summed E-state index contributed by atoms with van der Waals surface area (Å²) in [5.41, 5.74) is 6.32. The van der Waals surface area contributed by atoms with E-state index in [1.54, 1.807) is 7.11 Å². The first kappa shape index (κ1) is 17.9. The van der Waals surface area contributed by atoms with Gasteiger partial charge in [0.25, 0.3) is 0 Å². The van der Waals surface area contributed by atoms with Gasteiger partial charge in [-0.3, -0.25) is 4.90 Å². The number of methoxy groups -OCH3 is 1. The van der Waals surface area contributed by atoms with E-state index in [-0.39, 0.29) is 5.54 Å². The third-order valence-electron chi connectivity index (χ3n) is 3.63. The van der Waals surface area contributed by atoms with Crippen LogP contribution in [0.2, 0.25) is 0 Å². The Bertz CT molecular complexity index is 189. The van der Waals surface area contributed by atoms with E-state index in [9.17, 15) is 0 Å². The van der Waals surface area contributed by atoms with Gasteiger partial charge in [-0.1, -0.05) is 40.5 Å². The van der Waals surface area contributed by atoms with Gasteiger partial charge < -0.3 is 10.5 Å². The van der Waals surface area contributed by atoms with Crippen molar-refractivity contribution >= 4 is 0 Å². The fraction of sp³-hybridized carbons (Fsp3) is 1.00. The minimum Gasteiger partial charge on any atom is -0.383 e. The number of nitrogens with zero attached hydrogens (tertiary/aromatic N) is 1. The summed E-state index contributed by atoms with van der Waals surface area (Å²) in [6.07, 6.45) is 4.76. The van der Waals surface area contributed by atoms with Crippen molar-refractivity contribution in [3.05, 3.63) is 0 Å². The number of rotatable bonds is 11. The van der Waals surface area contributed by atoms with Crippen molar-refractivity contribution in [1.29, 1.82) is 0 Å². The Morgan fingerprint density at radius 3 is 2.06 bits per heavy atom. The number of ether oxygens (including phenoxy) is 1. The van der Waals surface area contributed by atoms with Crippen molar-refractivity contribution in [2.75, 3.05) is 33.4 Å². The fourth-order valence-electron chi connectivity index (χ4n) is 2.87. The van der Waals surface area contributed by atoms with Crippen molar-refractivity contribution in [3.63, 3.8) is 0 Å². The molecule has 0 rings (SSSR count). The summed E-state index contributed by atoms with van der Waals surface area (Å²) >= 11 is 0. The first-order valence-electron chi connectivity index (χ1n) is 7.50. The molecule has 110 valence electrons. The summed E-state index contributed by atoms with van der Waals surface area (Å²) in [4.78, 5) is 2.58. The lowest BCUT2D eigenvalue weighted by molar-refractivity contribution is 0.0368. The maximum Gasteiger partial charge on any atom is 0.0589 e. The van der Waals surface area contributed by atoms with Crippen LogP contribution in [0.1, 0.15) is 53.4 Å². The first-order valence-corrected chi connectivity index (χ1v) is 7.50. The van der Waals surface area contributed by atoms with Crippen molar-refractivity contribution < 1.29 is 4.74 Å². The van der Waals surface area contributed by atoms with Crippen LogP contribution >= 0.6 is 0 Å². The molecule has 18 heavy (non-hydrogen) atoms. The topological polar surface area (TPSA) is 38.5 Å². The summed E-state index contributed by atoms with van der Waals surface area (Å²) in [5.74, 6) is 0.668. The predicted molar refractivity (Wildman–Crippen MR) is 79.9 cm³/mol. The van der Waals surface area contributed by atoms with E-state index in [0.29, 0.717) is 5.92 Å². The molecule has 0 spiro atoms. The van der Waals surface area contributed by atoms with Crippen LogP contribution in [0.5, 0.6) is 0 Å². The van der Waals surface area contributed by atoms with Crippen molar-refractivity contribution in [2.24, 2.45) is 11.7 Å². The molecule has 3 heteroatoms. The second-order valence-corrected chi connectivity index (χ2v) is 5.76. The van der Waals surface area contributed by atoms with Gasteiger partial charge in [-0.25, -0.2) is 0 Å². The lowest BCUT2D eigenvalue weighted by Gasteiger charge is -2.44. The summed E-state index contributed by atoms with van der Waals surface area (Å²) in [6.45, 7) is 12.7. The van der Waals surface area contributed by atoms with Crippen LogP contribution in [0.15, 0.2) is 0 Å². The second-order valence-electron chi connectivity index (χ2n) is 5.76. The van der Waals surface area contributed by atoms with Gasteiger partial charge in [0, 0.05) is 32.3 Å². The Hall–Kier alpha value is -0.120. The van der Waals surface area contributed by atoms with Crippen molar-refractivity contribution in [3.8, 4) is 0 Å². The van der Waals surface area contributed by atoms with Crippen LogP contribution in [0.4, 0.5) is 0 Å². The van der Waals surface area contributed by atoms with Crippen molar-refractivity contribution in [1.82, 2.24) is 4.90 Å². The SMILES string of the molecule is CCCC(CN)(CCC)N(CCOC)CC(C)C. The van der Waals surface area contributed by atoms with Gasteiger partial charge >= 0.3 is 0 Å². The highest BCUT2D eigenvalue weighted by Crippen LogP contribution is 2.27. The Morgan fingerprint density at radius 1 is 1.17 bits per heavy atom. The molecule has 0 aliphatic heterocycles. The predicted octanol–water partition coefficient (Wildman–Crippen LogP) is 2.89. The molecular weight excluding hydrogens is 224 g/mol. The molecule has 0 amide bonds. The molecule has 2 N–H and O–H groups in total. The molecule has 0 fully saturated rings. The summed E-state index contributed by atoms with van der Waals surface area (Å²) < 4.78 is 5.27. The van der Waals surface area contributed by atoms with Crippen LogP contribution in [0.25, 0.3) is 0 Å². The maximum absolute atomic E-state index is 6.15. The first-order chi connectivity index (χ1) is 8.56. The van der Waals surface area contributed by atoms with Gasteiger partial charge in [-0.05, 0) is 18.8 Å². The molecule has 0 saturated carbocycles. The van der Waals surface area contributed by atoms with E-state index in [1.165, 1.54) is 25.7 Å². The lowest BCUT2D eigenvalue weighted by atomic mass is 9.86. The average molecular weight is 258 g/mol. The minimum absolute atomic E-state index is 0.173. The molecule has 0 aromatic carbocycles. The monoisotopic (exact) mass is 258 g/mol. The fourth-order valence-corrected chi connectivity index (χ4v) is 2.87. The molecule has 0 saturated heterocycles. The zero-order valence-corrected chi connectivity index (χ0v) is 13.2. The standard InChI is InChI=1S/C15H34N2O/c1-6-8-15(13-16,9-7-2)17(10-11-18-5)12-14(3)4/h14H,6-13,16H2,1-5H3. The molecule has 0 aromatic heterocycles. The van der Waals surface area contributed by atoms with Gasteiger partial charge in [0.1, 0.15) is 0 Å². The van der Waals surface area contributed by atoms with Gasteiger partial charge in [0.2, 0.25) is 0 Å². The molecular formula is C15H34N2O. The van der Waals surface area contributed by atoms with Crippen LogP contribution in [0, 0.1) is 5.92 Å². The summed E-state index contributed by atoms with van der Waals surface area (Å²) in [7, 11) is 1.78. The molecule has 0 heterocycles. The van der Waals surface area contributed by atoms with E-state index in [2.05, 4.69) is 32.6 Å². The second kappa shape index (κ2) is 9.76. The van der Waals surface area contributed by atoms with Gasteiger partial charge in [0.05, 0.1) is 6.61 Å². The molecule has 0 aromatic rings. The maximum atomic E-state index is 6.15. The molecule has 0 aliphatic rings. The van der Waals surface area contributed by atoms with Gasteiger partial charge in [0.15, 0.2) is 0 Å². The molecule has 0 unspecified atom stereocenters. The van der Waals surface area contributed by atoms with Gasteiger partial charge in [-0.2, -0.15) is 0 Å². The molecule has 3 nitrogen and oxygen atoms in total. The Kier molecular flexibility index (Phi) is 9.70. The molecule has 0 atom stereocenters. The highest BCUT2D eigenvalue weighted by Gasteiger charge is 2.33. The number of hydrogen-bond donors (Lipinski definition) is 1. The zero-order chi connectivity index (χ0) is 14.0. The molecule has 0 radical (unpaired) electrons. The highest BCUT2D eigenvalue weighted by molar-refractivity contribution is 4.91. The lowest BCUT2D eigenvalue weighted by Crippen LogP contribution is -2.55. The Balaban J connectivity index is 4.89. The third-order valence-corrected chi connectivity index (χ3v) is 3.63. The van der Waals surface area contributed by atoms with Crippen LogP contribution in [0.3, 0.4) is 0 Å². The zero-order valence-electron chi connectivity index (χ0n) is 13.2. The quantitative estimate of drug-likeness (QED) is 0.619. The minimum atomic E-state index is 0.173. The van der Waals surface area contributed by atoms with E-state index in [1.807, 2.05) is 0 Å². The van der Waals surface area contributed by atoms with E-state index in [4.69, 9.17) is 10.5 Å². The van der Waals surface area contributed by atoms with E-state index in [0.717, 1.165) is 26.2 Å².